The molecule has 5 rings (SSSR count). The van der Waals surface area contributed by atoms with E-state index in [-0.39, 0.29) is 22.8 Å². The van der Waals surface area contributed by atoms with Crippen LogP contribution in [0.3, 0.4) is 0 Å². The van der Waals surface area contributed by atoms with Crippen molar-refractivity contribution in [3.8, 4) is 0 Å². The summed E-state index contributed by atoms with van der Waals surface area (Å²) in [4.78, 5) is 2.70. The van der Waals surface area contributed by atoms with Gasteiger partial charge in [0.1, 0.15) is 5.71 Å². The molecule has 4 nitrogen and oxygen atoms in total. The molecule has 2 aliphatic heterocycles. The van der Waals surface area contributed by atoms with Gasteiger partial charge >= 0.3 is 0 Å². The Morgan fingerprint density at radius 3 is 2.40 bits per heavy atom. The van der Waals surface area contributed by atoms with Gasteiger partial charge in [-0.3, -0.25) is 0 Å². The van der Waals surface area contributed by atoms with E-state index in [1.54, 1.807) is 0 Å². The largest absolute Gasteiger partial charge is 0.318 e. The number of aryl methyl sites for hydroxylation is 1. The second-order valence-corrected chi connectivity index (χ2v) is 11.8. The molecule has 1 saturated carbocycles. The van der Waals surface area contributed by atoms with Crippen molar-refractivity contribution in [1.82, 2.24) is 4.90 Å². The molecule has 0 amide bonds. The number of anilines is 1. The van der Waals surface area contributed by atoms with E-state index >= 15 is 0 Å². The van der Waals surface area contributed by atoms with E-state index < -0.39 is 6.43 Å². The summed E-state index contributed by atoms with van der Waals surface area (Å²) in [6.07, 6.45) is 4.11. The van der Waals surface area contributed by atoms with Crippen LogP contribution in [0.1, 0.15) is 55.2 Å². The Hall–Kier alpha value is -2.38. The molecule has 1 atom stereocenters. The molecule has 186 valence electrons. The maximum absolute atomic E-state index is 12.9. The molecule has 1 saturated heterocycles. The van der Waals surface area contributed by atoms with Crippen molar-refractivity contribution in [3.63, 3.8) is 0 Å². The maximum atomic E-state index is 12.9. The minimum Gasteiger partial charge on any atom is -0.318 e. The fourth-order valence-corrected chi connectivity index (χ4v) is 6.97. The molecule has 1 aliphatic carbocycles. The number of hydrogen-bond acceptors (Lipinski definition) is 4. The number of hydrogen-bond donors (Lipinski definition) is 0. The predicted octanol–water partition coefficient (Wildman–Crippen LogP) is 6.45. The van der Waals surface area contributed by atoms with Gasteiger partial charge in [-0.15, -0.1) is 0 Å². The van der Waals surface area contributed by atoms with Crippen molar-refractivity contribution < 1.29 is 8.78 Å². The molecule has 2 aromatic rings. The fourth-order valence-electron chi connectivity index (χ4n) is 5.15. The lowest BCUT2D eigenvalue weighted by molar-refractivity contribution is 0.107. The van der Waals surface area contributed by atoms with Gasteiger partial charge in [-0.25, -0.2) is 8.78 Å². The third-order valence-corrected chi connectivity index (χ3v) is 9.69. The van der Waals surface area contributed by atoms with Crippen molar-refractivity contribution in [2.45, 2.75) is 69.7 Å². The van der Waals surface area contributed by atoms with Gasteiger partial charge in [0.05, 0.1) is 12.3 Å². The summed E-state index contributed by atoms with van der Waals surface area (Å²) in [6, 6.07) is 17.6. The first-order valence-corrected chi connectivity index (χ1v) is 14.0. The Morgan fingerprint density at radius 1 is 1.06 bits per heavy atom. The maximum Gasteiger partial charge on any atom is 0.278 e. The van der Waals surface area contributed by atoms with Gasteiger partial charge < -0.3 is 9.21 Å². The number of likely N-dealkylation sites (tertiary alicyclic amines) is 1. The smallest absolute Gasteiger partial charge is 0.278 e. The van der Waals surface area contributed by atoms with Crippen LogP contribution in [0, 0.1) is 6.92 Å². The Kier molecular flexibility index (Phi) is 7.44. The van der Waals surface area contributed by atoms with E-state index in [0.717, 1.165) is 18.2 Å². The van der Waals surface area contributed by atoms with E-state index in [0.29, 0.717) is 11.0 Å². The first kappa shape index (κ1) is 24.3. The quantitative estimate of drug-likeness (QED) is 0.394. The van der Waals surface area contributed by atoms with E-state index in [9.17, 15) is 8.78 Å². The van der Waals surface area contributed by atoms with Crippen LogP contribution in [0.15, 0.2) is 58.7 Å². The minimum atomic E-state index is -2.55. The molecular weight excluding hydrogens is 462 g/mol. The molecule has 1 unspecified atom stereocenters. The zero-order chi connectivity index (χ0) is 24.4. The third kappa shape index (κ3) is 5.56. The van der Waals surface area contributed by atoms with Gasteiger partial charge in [0, 0.05) is 23.4 Å². The first-order valence-electron chi connectivity index (χ1n) is 12.6. The Bertz CT molecular complexity index is 1120. The lowest BCUT2D eigenvalue weighted by Crippen LogP contribution is -2.46. The summed E-state index contributed by atoms with van der Waals surface area (Å²) < 4.78 is 28.3. The number of rotatable bonds is 8. The van der Waals surface area contributed by atoms with Crippen molar-refractivity contribution in [2.75, 3.05) is 17.4 Å². The molecule has 2 fully saturated rings. The average molecular weight is 497 g/mol. The normalized spacial score (nSPS) is 20.5. The molecule has 0 aromatic heterocycles. The van der Waals surface area contributed by atoms with E-state index in [1.807, 2.05) is 12.1 Å². The monoisotopic (exact) mass is 496 g/mol. The Labute approximate surface area is 209 Å². The fraction of sp³-hybridized carbons (Fsp3) is 0.464. The molecule has 2 aromatic carbocycles. The van der Waals surface area contributed by atoms with Crippen LogP contribution in [-0.2, 0) is 6.54 Å². The van der Waals surface area contributed by atoms with E-state index in [2.05, 4.69) is 62.7 Å². The number of piperidine rings is 1. The van der Waals surface area contributed by atoms with E-state index in [4.69, 9.17) is 5.87 Å². The number of halogens is 2. The molecule has 0 N–H and O–H groups in total. The lowest BCUT2D eigenvalue weighted by Gasteiger charge is -2.43. The number of nitrogens with zero attached hydrogens (tertiary/aromatic N) is 4. The summed E-state index contributed by atoms with van der Waals surface area (Å²) in [7, 11) is -0.152. The average Bonchev–Trinajstić information content (AvgIpc) is 3.33. The van der Waals surface area contributed by atoms with Gasteiger partial charge in [0.15, 0.2) is 0 Å². The highest BCUT2D eigenvalue weighted by molar-refractivity contribution is 8.15. The zero-order valence-electron chi connectivity index (χ0n) is 20.4. The van der Waals surface area contributed by atoms with Gasteiger partial charge in [-0.1, -0.05) is 59.4 Å². The summed E-state index contributed by atoms with van der Waals surface area (Å²) in [5.41, 5.74) is 4.94. The summed E-state index contributed by atoms with van der Waals surface area (Å²) in [5.74, 6) is 4.70. The number of alkyl halides is 2. The molecular formula is C28H34F2N4S. The summed E-state index contributed by atoms with van der Waals surface area (Å²) >= 11 is 0. The van der Waals surface area contributed by atoms with Crippen LogP contribution < -0.4 is 4.31 Å². The summed E-state index contributed by atoms with van der Waals surface area (Å²) in [5, 5.41) is 8.21. The zero-order valence-corrected chi connectivity index (χ0v) is 21.2. The Balaban J connectivity index is 1.29. The molecule has 7 heteroatoms. The van der Waals surface area contributed by atoms with Gasteiger partial charge in [-0.2, -0.15) is 10.2 Å². The SMILES string of the molecule is C=S(C1CCN(C2CCC2)CC1)N(Cc1ccc(C2=NN=C(C(F)F)C2)cc1)c1cccc(C)c1. The van der Waals surface area contributed by atoms with Gasteiger partial charge in [-0.05, 0) is 74.5 Å². The predicted molar refractivity (Wildman–Crippen MR) is 145 cm³/mol. The van der Waals surface area contributed by atoms with Gasteiger partial charge in [0.25, 0.3) is 6.43 Å². The molecule has 0 spiro atoms. The van der Waals surface area contributed by atoms with Crippen molar-refractivity contribution in [1.29, 1.82) is 0 Å². The lowest BCUT2D eigenvalue weighted by atomic mass is 9.90. The minimum absolute atomic E-state index is 0.119. The van der Waals surface area contributed by atoms with Crippen molar-refractivity contribution in [2.24, 2.45) is 10.2 Å². The molecule has 2 heterocycles. The van der Waals surface area contributed by atoms with Crippen molar-refractivity contribution >= 4 is 33.7 Å². The van der Waals surface area contributed by atoms with Crippen LogP contribution in [0.2, 0.25) is 0 Å². The molecule has 35 heavy (non-hydrogen) atoms. The topological polar surface area (TPSA) is 31.2 Å². The highest BCUT2D eigenvalue weighted by Gasteiger charge is 2.30. The second-order valence-electron chi connectivity index (χ2n) is 9.91. The van der Waals surface area contributed by atoms with Gasteiger partial charge in [0.2, 0.25) is 0 Å². The van der Waals surface area contributed by atoms with Crippen LogP contribution in [0.4, 0.5) is 14.5 Å². The highest BCUT2D eigenvalue weighted by Crippen LogP contribution is 2.39. The van der Waals surface area contributed by atoms with E-state index in [1.165, 1.54) is 62.0 Å². The van der Waals surface area contributed by atoms with Crippen LogP contribution >= 0.6 is 10.7 Å². The Morgan fingerprint density at radius 2 is 1.80 bits per heavy atom. The second kappa shape index (κ2) is 10.7. The van der Waals surface area contributed by atoms with Crippen LogP contribution in [0.25, 0.3) is 0 Å². The standard InChI is InChI=1S/C28H34F2N4S/c1-20-5-3-8-24(17-20)34(35(2)25-13-15-33(16-14-25)23-6-4-7-23)19-21-9-11-22(12-10-21)26-18-27(28(29)30)32-31-26/h3,5,8-12,17,23,25,28H,2,4,6-7,13-16,18-19H2,1H3. The van der Waals surface area contributed by atoms with Crippen LogP contribution in [0.5, 0.6) is 0 Å². The van der Waals surface area contributed by atoms with Crippen molar-refractivity contribution in [3.05, 3.63) is 65.2 Å². The molecule has 0 bridgehead atoms. The third-order valence-electron chi connectivity index (χ3n) is 7.54. The summed E-state index contributed by atoms with van der Waals surface area (Å²) in [6.45, 7) is 5.28. The van der Waals surface area contributed by atoms with Crippen LogP contribution in [-0.4, -0.2) is 53.0 Å². The first-order chi connectivity index (χ1) is 17.0. The number of benzene rings is 2. The molecule has 0 radical (unpaired) electrons. The molecule has 3 aliphatic rings. The highest BCUT2D eigenvalue weighted by atomic mass is 32.2.